The molecule has 0 saturated heterocycles. The third-order valence-corrected chi connectivity index (χ3v) is 3.21. The number of carbonyl (C=O) groups excluding carboxylic acids is 1. The molecule has 110 valence electrons. The average molecular weight is 286 g/mol. The van der Waals surface area contributed by atoms with Crippen LogP contribution in [0.2, 0.25) is 0 Å². The first-order chi connectivity index (χ1) is 10.0. The number of benzene rings is 2. The zero-order chi connectivity index (χ0) is 15.2. The third kappa shape index (κ3) is 4.60. The van der Waals surface area contributed by atoms with Crippen LogP contribution in [-0.4, -0.2) is 11.9 Å². The quantitative estimate of drug-likeness (QED) is 0.858. The van der Waals surface area contributed by atoms with E-state index in [1.165, 1.54) is 12.1 Å². The molecule has 2 aromatic rings. The van der Waals surface area contributed by atoms with Gasteiger partial charge in [-0.1, -0.05) is 30.3 Å². The molecule has 0 radical (unpaired) electrons. The lowest BCUT2D eigenvalue weighted by molar-refractivity contribution is -0.117. The molecule has 0 aliphatic heterocycles. The first-order valence-corrected chi connectivity index (χ1v) is 6.92. The Morgan fingerprint density at radius 3 is 2.71 bits per heavy atom. The van der Waals surface area contributed by atoms with E-state index in [1.807, 2.05) is 37.3 Å². The van der Waals surface area contributed by atoms with Crippen LogP contribution >= 0.6 is 0 Å². The molecule has 4 heteroatoms. The van der Waals surface area contributed by atoms with Crippen molar-refractivity contribution in [3.05, 3.63) is 65.5 Å². The molecule has 1 amide bonds. The second kappa shape index (κ2) is 6.88. The summed E-state index contributed by atoms with van der Waals surface area (Å²) in [5.74, 6) is -0.587. The molecule has 0 heterocycles. The van der Waals surface area contributed by atoms with Gasteiger partial charge in [0, 0.05) is 11.7 Å². The van der Waals surface area contributed by atoms with Crippen molar-refractivity contribution in [1.82, 2.24) is 0 Å². The number of carbonyl (C=O) groups is 1. The van der Waals surface area contributed by atoms with Gasteiger partial charge in [-0.25, -0.2) is 4.39 Å². The lowest BCUT2D eigenvalue weighted by Gasteiger charge is -2.18. The Morgan fingerprint density at radius 2 is 2.00 bits per heavy atom. The van der Waals surface area contributed by atoms with Crippen LogP contribution in [0.1, 0.15) is 18.1 Å². The second-order valence-corrected chi connectivity index (χ2v) is 5.18. The maximum Gasteiger partial charge on any atom is 0.221 e. The molecule has 1 unspecified atom stereocenters. The number of rotatable bonds is 6. The van der Waals surface area contributed by atoms with Crippen molar-refractivity contribution in [2.24, 2.45) is 5.73 Å². The van der Waals surface area contributed by atoms with Gasteiger partial charge in [-0.15, -0.1) is 0 Å². The monoisotopic (exact) mass is 286 g/mol. The van der Waals surface area contributed by atoms with Gasteiger partial charge in [0.15, 0.2) is 0 Å². The van der Waals surface area contributed by atoms with Gasteiger partial charge in [0.05, 0.1) is 6.42 Å². The first kappa shape index (κ1) is 15.0. The molecule has 0 bridgehead atoms. The summed E-state index contributed by atoms with van der Waals surface area (Å²) in [5.41, 5.74) is 7.95. The zero-order valence-corrected chi connectivity index (χ0v) is 12.0. The van der Waals surface area contributed by atoms with Gasteiger partial charge >= 0.3 is 0 Å². The van der Waals surface area contributed by atoms with Gasteiger partial charge in [-0.05, 0) is 42.7 Å². The number of anilines is 1. The SMILES string of the molecule is CC(Cc1cccc(F)c1)Nc1ccccc1CC(N)=O. The summed E-state index contributed by atoms with van der Waals surface area (Å²) in [7, 11) is 0. The van der Waals surface area contributed by atoms with Crippen LogP contribution < -0.4 is 11.1 Å². The molecule has 0 aliphatic rings. The highest BCUT2D eigenvalue weighted by atomic mass is 19.1. The van der Waals surface area contributed by atoms with Gasteiger partial charge < -0.3 is 11.1 Å². The van der Waals surface area contributed by atoms with Crippen LogP contribution in [0.25, 0.3) is 0 Å². The summed E-state index contributed by atoms with van der Waals surface area (Å²) in [6.07, 6.45) is 0.901. The van der Waals surface area contributed by atoms with E-state index >= 15 is 0 Å². The van der Waals surface area contributed by atoms with E-state index in [-0.39, 0.29) is 24.2 Å². The van der Waals surface area contributed by atoms with E-state index in [4.69, 9.17) is 5.73 Å². The Kier molecular flexibility index (Phi) is 4.93. The minimum absolute atomic E-state index is 0.112. The van der Waals surface area contributed by atoms with Crippen molar-refractivity contribution in [2.45, 2.75) is 25.8 Å². The zero-order valence-electron chi connectivity index (χ0n) is 12.0. The molecule has 0 spiro atoms. The number of para-hydroxylation sites is 1. The summed E-state index contributed by atoms with van der Waals surface area (Å²) in [6.45, 7) is 2.02. The van der Waals surface area contributed by atoms with Crippen LogP contribution in [0.3, 0.4) is 0 Å². The topological polar surface area (TPSA) is 55.1 Å². The fraction of sp³-hybridized carbons (Fsp3) is 0.235. The summed E-state index contributed by atoms with van der Waals surface area (Å²) in [4.78, 5) is 11.1. The molecule has 2 rings (SSSR count). The van der Waals surface area contributed by atoms with Crippen molar-refractivity contribution in [3.63, 3.8) is 0 Å². The largest absolute Gasteiger partial charge is 0.382 e. The van der Waals surface area contributed by atoms with Crippen LogP contribution in [0.5, 0.6) is 0 Å². The van der Waals surface area contributed by atoms with Crippen LogP contribution in [0.15, 0.2) is 48.5 Å². The van der Waals surface area contributed by atoms with E-state index in [2.05, 4.69) is 5.32 Å². The van der Waals surface area contributed by atoms with Crippen molar-refractivity contribution in [1.29, 1.82) is 0 Å². The predicted octanol–water partition coefficient (Wildman–Crippen LogP) is 2.90. The molecule has 3 N–H and O–H groups in total. The Morgan fingerprint density at radius 1 is 1.24 bits per heavy atom. The van der Waals surface area contributed by atoms with Gasteiger partial charge in [-0.2, -0.15) is 0 Å². The fourth-order valence-electron chi connectivity index (χ4n) is 2.34. The van der Waals surface area contributed by atoms with Crippen molar-refractivity contribution >= 4 is 11.6 Å². The average Bonchev–Trinajstić information content (AvgIpc) is 2.40. The van der Waals surface area contributed by atoms with E-state index in [0.29, 0.717) is 6.42 Å². The molecule has 3 nitrogen and oxygen atoms in total. The number of amides is 1. The highest BCUT2D eigenvalue weighted by Gasteiger charge is 2.09. The summed E-state index contributed by atoms with van der Waals surface area (Å²) >= 11 is 0. The third-order valence-electron chi connectivity index (χ3n) is 3.21. The van der Waals surface area contributed by atoms with Gasteiger partial charge in [0.2, 0.25) is 5.91 Å². The predicted molar refractivity (Wildman–Crippen MR) is 82.5 cm³/mol. The molecule has 2 aromatic carbocycles. The Labute approximate surface area is 124 Å². The minimum Gasteiger partial charge on any atom is -0.382 e. The molecule has 0 aromatic heterocycles. The molecule has 0 aliphatic carbocycles. The fourth-order valence-corrected chi connectivity index (χ4v) is 2.34. The number of primary amides is 1. The van der Waals surface area contributed by atoms with Gasteiger partial charge in [0.1, 0.15) is 5.82 Å². The second-order valence-electron chi connectivity index (χ2n) is 5.18. The molecular weight excluding hydrogens is 267 g/mol. The first-order valence-electron chi connectivity index (χ1n) is 6.92. The van der Waals surface area contributed by atoms with Crippen LogP contribution in [0.4, 0.5) is 10.1 Å². The van der Waals surface area contributed by atoms with E-state index in [9.17, 15) is 9.18 Å². The van der Waals surface area contributed by atoms with E-state index in [1.54, 1.807) is 6.07 Å². The summed E-state index contributed by atoms with van der Waals surface area (Å²) < 4.78 is 13.2. The Hall–Kier alpha value is -2.36. The number of hydrogen-bond acceptors (Lipinski definition) is 2. The van der Waals surface area contributed by atoms with Crippen molar-refractivity contribution in [2.75, 3.05) is 5.32 Å². The maximum atomic E-state index is 13.2. The van der Waals surface area contributed by atoms with Gasteiger partial charge in [-0.3, -0.25) is 4.79 Å². The lowest BCUT2D eigenvalue weighted by atomic mass is 10.0. The lowest BCUT2D eigenvalue weighted by Crippen LogP contribution is -2.21. The Bertz CT molecular complexity index is 628. The number of nitrogens with two attached hydrogens (primary N) is 1. The number of hydrogen-bond donors (Lipinski definition) is 2. The number of nitrogens with one attached hydrogen (secondary N) is 1. The molecule has 0 fully saturated rings. The standard InChI is InChI=1S/C17H19FN2O/c1-12(9-13-5-4-7-15(18)10-13)20-16-8-3-2-6-14(16)11-17(19)21/h2-8,10,12,20H,9,11H2,1H3,(H2,19,21). The highest BCUT2D eigenvalue weighted by Crippen LogP contribution is 2.18. The minimum atomic E-state index is -0.359. The summed E-state index contributed by atoms with van der Waals surface area (Å²) in [5, 5.41) is 3.35. The van der Waals surface area contributed by atoms with Crippen LogP contribution in [0, 0.1) is 5.82 Å². The molecule has 1 atom stereocenters. The van der Waals surface area contributed by atoms with E-state index < -0.39 is 0 Å². The highest BCUT2D eigenvalue weighted by molar-refractivity contribution is 5.78. The molecule has 21 heavy (non-hydrogen) atoms. The van der Waals surface area contributed by atoms with Gasteiger partial charge in [0.25, 0.3) is 0 Å². The number of halogens is 1. The van der Waals surface area contributed by atoms with Crippen molar-refractivity contribution in [3.8, 4) is 0 Å². The smallest absolute Gasteiger partial charge is 0.221 e. The summed E-state index contributed by atoms with van der Waals surface area (Å²) in [6, 6.07) is 14.3. The van der Waals surface area contributed by atoms with Crippen molar-refractivity contribution < 1.29 is 9.18 Å². The maximum absolute atomic E-state index is 13.2. The van der Waals surface area contributed by atoms with Crippen LogP contribution in [-0.2, 0) is 17.6 Å². The van der Waals surface area contributed by atoms with E-state index in [0.717, 1.165) is 16.8 Å². The normalized spacial score (nSPS) is 11.9. The molecular formula is C17H19FN2O. The molecule has 0 saturated carbocycles. The Balaban J connectivity index is 2.05.